The topological polar surface area (TPSA) is 21.3 Å². The summed E-state index contributed by atoms with van der Waals surface area (Å²) in [5, 5.41) is 4.13. The van der Waals surface area contributed by atoms with Gasteiger partial charge in [-0.15, -0.1) is 12.3 Å². The van der Waals surface area contributed by atoms with E-state index in [2.05, 4.69) is 25.1 Å². The second-order valence-corrected chi connectivity index (χ2v) is 5.37. The number of hydrogen-bond acceptors (Lipinski definition) is 2. The van der Waals surface area contributed by atoms with E-state index >= 15 is 0 Å². The SMILES string of the molecule is C#CCCCOc1ccc(Cl)cc1CNCC(C)C. The van der Waals surface area contributed by atoms with Crippen LogP contribution in [0.3, 0.4) is 0 Å². The Morgan fingerprint density at radius 3 is 2.89 bits per heavy atom. The fourth-order valence-electron chi connectivity index (χ4n) is 1.68. The van der Waals surface area contributed by atoms with E-state index in [4.69, 9.17) is 22.8 Å². The molecule has 0 fully saturated rings. The molecule has 1 aromatic rings. The van der Waals surface area contributed by atoms with Gasteiger partial charge in [0.15, 0.2) is 0 Å². The fraction of sp³-hybridized carbons (Fsp3) is 0.500. The average molecular weight is 280 g/mol. The van der Waals surface area contributed by atoms with Crippen molar-refractivity contribution < 1.29 is 4.74 Å². The molecule has 0 atom stereocenters. The van der Waals surface area contributed by atoms with E-state index in [9.17, 15) is 0 Å². The first kappa shape index (κ1) is 15.9. The predicted molar refractivity (Wildman–Crippen MR) is 81.6 cm³/mol. The molecule has 1 rings (SSSR count). The number of benzene rings is 1. The lowest BCUT2D eigenvalue weighted by molar-refractivity contribution is 0.308. The molecule has 0 heterocycles. The van der Waals surface area contributed by atoms with E-state index < -0.39 is 0 Å². The lowest BCUT2D eigenvalue weighted by Gasteiger charge is -2.13. The number of halogens is 1. The van der Waals surface area contributed by atoms with Gasteiger partial charge in [0, 0.05) is 23.6 Å². The minimum absolute atomic E-state index is 0.624. The van der Waals surface area contributed by atoms with Crippen molar-refractivity contribution in [1.82, 2.24) is 5.32 Å². The third-order valence-electron chi connectivity index (χ3n) is 2.61. The summed E-state index contributed by atoms with van der Waals surface area (Å²) in [6.07, 6.45) is 6.84. The van der Waals surface area contributed by atoms with E-state index in [0.29, 0.717) is 12.5 Å². The van der Waals surface area contributed by atoms with Crippen LogP contribution >= 0.6 is 11.6 Å². The standard InChI is InChI=1S/C16H22ClNO/c1-4-5-6-9-19-16-8-7-15(17)10-14(16)12-18-11-13(2)3/h1,7-8,10,13,18H,5-6,9,11-12H2,2-3H3. The first-order valence-corrected chi connectivity index (χ1v) is 7.06. The Kier molecular flexibility index (Phi) is 7.40. The molecule has 0 amide bonds. The zero-order valence-corrected chi connectivity index (χ0v) is 12.5. The van der Waals surface area contributed by atoms with Crippen molar-refractivity contribution >= 4 is 11.6 Å². The molecular formula is C16H22ClNO. The summed E-state index contributed by atoms with van der Waals surface area (Å²) in [6.45, 7) is 6.75. The molecule has 1 N–H and O–H groups in total. The third-order valence-corrected chi connectivity index (χ3v) is 2.85. The Morgan fingerprint density at radius 2 is 2.21 bits per heavy atom. The predicted octanol–water partition coefficient (Wildman–Crippen LogP) is 3.88. The first-order valence-electron chi connectivity index (χ1n) is 6.69. The lowest BCUT2D eigenvalue weighted by Crippen LogP contribution is -2.19. The minimum Gasteiger partial charge on any atom is -0.493 e. The molecule has 104 valence electrons. The molecule has 19 heavy (non-hydrogen) atoms. The molecule has 0 aliphatic carbocycles. The molecule has 0 radical (unpaired) electrons. The molecule has 3 heteroatoms. The fourth-order valence-corrected chi connectivity index (χ4v) is 1.87. The number of ether oxygens (including phenoxy) is 1. The maximum absolute atomic E-state index is 6.03. The summed E-state index contributed by atoms with van der Waals surface area (Å²) in [5.41, 5.74) is 1.09. The van der Waals surface area contributed by atoms with Gasteiger partial charge in [-0.25, -0.2) is 0 Å². The lowest BCUT2D eigenvalue weighted by atomic mass is 10.1. The van der Waals surface area contributed by atoms with Crippen LogP contribution in [0.25, 0.3) is 0 Å². The van der Waals surface area contributed by atoms with Crippen LogP contribution in [0.1, 0.15) is 32.3 Å². The molecule has 0 aliphatic heterocycles. The zero-order valence-electron chi connectivity index (χ0n) is 11.7. The van der Waals surface area contributed by atoms with Gasteiger partial charge in [0.2, 0.25) is 0 Å². The molecule has 0 spiro atoms. The molecule has 1 aromatic carbocycles. The monoisotopic (exact) mass is 279 g/mol. The summed E-state index contributed by atoms with van der Waals surface area (Å²) in [4.78, 5) is 0. The Morgan fingerprint density at radius 1 is 1.42 bits per heavy atom. The highest BCUT2D eigenvalue weighted by Crippen LogP contribution is 2.23. The second-order valence-electron chi connectivity index (χ2n) is 4.93. The van der Waals surface area contributed by atoms with Gasteiger partial charge in [-0.2, -0.15) is 0 Å². The van der Waals surface area contributed by atoms with Gasteiger partial charge in [0.05, 0.1) is 6.61 Å². The van der Waals surface area contributed by atoms with Crippen molar-refractivity contribution in [3.05, 3.63) is 28.8 Å². The van der Waals surface area contributed by atoms with Gasteiger partial charge < -0.3 is 10.1 Å². The quantitative estimate of drug-likeness (QED) is 0.576. The van der Waals surface area contributed by atoms with E-state index in [0.717, 1.165) is 42.3 Å². The molecule has 0 saturated carbocycles. The van der Waals surface area contributed by atoms with Gasteiger partial charge in [-0.3, -0.25) is 0 Å². The molecule has 0 bridgehead atoms. The van der Waals surface area contributed by atoms with E-state index in [1.165, 1.54) is 0 Å². The number of nitrogens with one attached hydrogen (secondary N) is 1. The Labute approximate surface area is 121 Å². The summed E-state index contributed by atoms with van der Waals surface area (Å²) < 4.78 is 5.76. The largest absolute Gasteiger partial charge is 0.493 e. The van der Waals surface area contributed by atoms with Crippen LogP contribution in [-0.2, 0) is 6.54 Å². The van der Waals surface area contributed by atoms with Gasteiger partial charge in [-0.1, -0.05) is 25.4 Å². The Hall–Kier alpha value is -1.17. The number of unbranched alkanes of at least 4 members (excludes halogenated alkanes) is 1. The molecule has 0 unspecified atom stereocenters. The van der Waals surface area contributed by atoms with Crippen molar-refractivity contribution in [3.63, 3.8) is 0 Å². The summed E-state index contributed by atoms with van der Waals surface area (Å²) in [7, 11) is 0. The molecule has 0 saturated heterocycles. The van der Waals surface area contributed by atoms with Crippen LogP contribution in [-0.4, -0.2) is 13.2 Å². The minimum atomic E-state index is 0.624. The van der Waals surface area contributed by atoms with Crippen LogP contribution in [0.4, 0.5) is 0 Å². The number of terminal acetylenes is 1. The Balaban J connectivity index is 2.56. The molecule has 2 nitrogen and oxygen atoms in total. The highest BCUT2D eigenvalue weighted by molar-refractivity contribution is 6.30. The zero-order chi connectivity index (χ0) is 14.1. The second kappa shape index (κ2) is 8.85. The highest BCUT2D eigenvalue weighted by atomic mass is 35.5. The summed E-state index contributed by atoms with van der Waals surface area (Å²) in [6, 6.07) is 5.72. The van der Waals surface area contributed by atoms with Crippen LogP contribution in [0.15, 0.2) is 18.2 Å². The van der Waals surface area contributed by atoms with Gasteiger partial charge >= 0.3 is 0 Å². The van der Waals surface area contributed by atoms with Crippen molar-refractivity contribution in [1.29, 1.82) is 0 Å². The smallest absolute Gasteiger partial charge is 0.123 e. The van der Waals surface area contributed by atoms with Gasteiger partial charge in [0.1, 0.15) is 5.75 Å². The van der Waals surface area contributed by atoms with Crippen LogP contribution in [0.5, 0.6) is 5.75 Å². The van der Waals surface area contributed by atoms with E-state index in [1.54, 1.807) is 0 Å². The summed E-state index contributed by atoms with van der Waals surface area (Å²) >= 11 is 6.03. The Bertz CT molecular complexity index is 423. The van der Waals surface area contributed by atoms with Crippen molar-refractivity contribution in [3.8, 4) is 18.1 Å². The molecule has 0 aliphatic rings. The number of rotatable bonds is 8. The molecule has 0 aromatic heterocycles. The maximum atomic E-state index is 6.03. The van der Waals surface area contributed by atoms with Crippen LogP contribution in [0, 0.1) is 18.3 Å². The molecular weight excluding hydrogens is 258 g/mol. The first-order chi connectivity index (χ1) is 9.13. The third kappa shape index (κ3) is 6.52. The van der Waals surface area contributed by atoms with Gasteiger partial charge in [0.25, 0.3) is 0 Å². The summed E-state index contributed by atoms with van der Waals surface area (Å²) in [5.74, 6) is 4.12. The van der Waals surface area contributed by atoms with E-state index in [1.807, 2.05) is 18.2 Å². The van der Waals surface area contributed by atoms with Crippen molar-refractivity contribution in [2.45, 2.75) is 33.2 Å². The number of hydrogen-bond donors (Lipinski definition) is 1. The highest BCUT2D eigenvalue weighted by Gasteiger charge is 2.05. The van der Waals surface area contributed by atoms with Gasteiger partial charge in [-0.05, 0) is 37.1 Å². The van der Waals surface area contributed by atoms with Crippen LogP contribution < -0.4 is 10.1 Å². The average Bonchev–Trinajstić information content (AvgIpc) is 2.36. The maximum Gasteiger partial charge on any atom is 0.123 e. The van der Waals surface area contributed by atoms with Crippen molar-refractivity contribution in [2.24, 2.45) is 5.92 Å². The van der Waals surface area contributed by atoms with Crippen molar-refractivity contribution in [2.75, 3.05) is 13.2 Å². The van der Waals surface area contributed by atoms with Crippen LogP contribution in [0.2, 0.25) is 5.02 Å². The van der Waals surface area contributed by atoms with E-state index in [-0.39, 0.29) is 0 Å². The normalized spacial score (nSPS) is 10.5.